The van der Waals surface area contributed by atoms with Gasteiger partial charge in [-0.2, -0.15) is 13.2 Å². The molecule has 2 aromatic rings. The number of aromatic nitrogens is 2. The molecule has 1 aliphatic rings. The zero-order valence-electron chi connectivity index (χ0n) is 13.1. The van der Waals surface area contributed by atoms with Crippen LogP contribution in [0.2, 0.25) is 0 Å². The summed E-state index contributed by atoms with van der Waals surface area (Å²) in [6.07, 6.45) is 1.37. The zero-order chi connectivity index (χ0) is 17.2. The minimum Gasteiger partial charge on any atom is -0.325 e. The number of halogens is 4. The number of hydrogen-bond acceptors (Lipinski definition) is 2. The van der Waals surface area contributed by atoms with Crippen molar-refractivity contribution in [3.8, 4) is 0 Å². The van der Waals surface area contributed by atoms with Crippen LogP contribution in [0.4, 0.5) is 17.6 Å². The van der Waals surface area contributed by atoms with Gasteiger partial charge in [-0.1, -0.05) is 12.1 Å². The van der Waals surface area contributed by atoms with Crippen molar-refractivity contribution in [2.24, 2.45) is 0 Å². The van der Waals surface area contributed by atoms with Crippen LogP contribution < -0.4 is 0 Å². The van der Waals surface area contributed by atoms with Crippen LogP contribution in [0.1, 0.15) is 24.2 Å². The number of imidazole rings is 1. The Morgan fingerprint density at radius 3 is 2.50 bits per heavy atom. The smallest absolute Gasteiger partial charge is 0.325 e. The van der Waals surface area contributed by atoms with Gasteiger partial charge in [-0.3, -0.25) is 4.90 Å². The van der Waals surface area contributed by atoms with E-state index in [1.54, 1.807) is 12.1 Å². The first kappa shape index (κ1) is 17.0. The average molecular weight is 341 g/mol. The molecule has 130 valence electrons. The van der Waals surface area contributed by atoms with Crippen LogP contribution in [0.15, 0.2) is 36.7 Å². The highest BCUT2D eigenvalue weighted by atomic mass is 19.4. The van der Waals surface area contributed by atoms with E-state index in [2.05, 4.69) is 9.88 Å². The van der Waals surface area contributed by atoms with Crippen molar-refractivity contribution < 1.29 is 17.6 Å². The number of nitrogens with zero attached hydrogens (tertiary/aromatic N) is 3. The molecule has 1 aromatic heterocycles. The quantitative estimate of drug-likeness (QED) is 0.715. The molecule has 0 aliphatic heterocycles. The first-order chi connectivity index (χ1) is 11.4. The average Bonchev–Trinajstić information content (AvgIpc) is 3.27. The summed E-state index contributed by atoms with van der Waals surface area (Å²) in [7, 11) is 0. The van der Waals surface area contributed by atoms with E-state index in [0.29, 0.717) is 18.4 Å². The minimum atomic E-state index is -4.26. The maximum atomic E-state index is 12.9. The van der Waals surface area contributed by atoms with Gasteiger partial charge in [0.05, 0.1) is 6.54 Å². The van der Waals surface area contributed by atoms with Crippen molar-refractivity contribution in [3.05, 3.63) is 53.9 Å². The van der Waals surface area contributed by atoms with E-state index >= 15 is 0 Å². The largest absolute Gasteiger partial charge is 0.406 e. The van der Waals surface area contributed by atoms with Crippen LogP contribution in [0.3, 0.4) is 0 Å². The minimum absolute atomic E-state index is 0.271. The molecule has 0 bridgehead atoms. The van der Waals surface area contributed by atoms with Gasteiger partial charge < -0.3 is 4.57 Å². The van der Waals surface area contributed by atoms with Crippen LogP contribution >= 0.6 is 0 Å². The molecule has 1 heterocycles. The fourth-order valence-electron chi connectivity index (χ4n) is 2.76. The van der Waals surface area contributed by atoms with Crippen LogP contribution in [0.5, 0.6) is 0 Å². The van der Waals surface area contributed by atoms with Gasteiger partial charge in [0, 0.05) is 25.0 Å². The van der Waals surface area contributed by atoms with Gasteiger partial charge in [0.1, 0.15) is 18.2 Å². The maximum absolute atomic E-state index is 12.9. The van der Waals surface area contributed by atoms with Gasteiger partial charge in [0.2, 0.25) is 0 Å². The van der Waals surface area contributed by atoms with Crippen molar-refractivity contribution in [1.82, 2.24) is 14.5 Å². The second-order valence-corrected chi connectivity index (χ2v) is 6.16. The SMILES string of the molecule is Fc1ccc(CCN(Cc2nccn2CC(F)(F)F)C2CC2)cc1. The molecular formula is C17H19F4N3. The molecule has 1 saturated carbocycles. The topological polar surface area (TPSA) is 21.1 Å². The van der Waals surface area contributed by atoms with Crippen LogP contribution in [-0.2, 0) is 19.5 Å². The van der Waals surface area contributed by atoms with Crippen LogP contribution in [0, 0.1) is 5.82 Å². The van der Waals surface area contributed by atoms with Crippen molar-refractivity contribution in [3.63, 3.8) is 0 Å². The van der Waals surface area contributed by atoms with Gasteiger partial charge in [-0.25, -0.2) is 9.37 Å². The molecular weight excluding hydrogens is 322 g/mol. The third-order valence-electron chi connectivity index (χ3n) is 4.16. The summed E-state index contributed by atoms with van der Waals surface area (Å²) in [4.78, 5) is 6.25. The second-order valence-electron chi connectivity index (χ2n) is 6.16. The molecule has 1 aromatic carbocycles. The van der Waals surface area contributed by atoms with Crippen LogP contribution in [0.25, 0.3) is 0 Å². The monoisotopic (exact) mass is 341 g/mol. The van der Waals surface area contributed by atoms with E-state index in [4.69, 9.17) is 0 Å². The molecule has 0 saturated heterocycles. The summed E-state index contributed by atoms with van der Waals surface area (Å²) < 4.78 is 52.0. The number of benzene rings is 1. The van der Waals surface area contributed by atoms with E-state index in [1.165, 1.54) is 24.5 Å². The molecule has 0 N–H and O–H groups in total. The highest BCUT2D eigenvalue weighted by molar-refractivity contribution is 5.16. The molecule has 0 spiro atoms. The van der Waals surface area contributed by atoms with Gasteiger partial charge >= 0.3 is 6.18 Å². The fraction of sp³-hybridized carbons (Fsp3) is 0.471. The normalized spacial score (nSPS) is 15.2. The van der Waals surface area contributed by atoms with E-state index in [9.17, 15) is 17.6 Å². The molecule has 1 fully saturated rings. The number of hydrogen-bond donors (Lipinski definition) is 0. The Morgan fingerprint density at radius 1 is 1.17 bits per heavy atom. The third kappa shape index (κ3) is 4.80. The Hall–Kier alpha value is -1.89. The summed E-state index contributed by atoms with van der Waals surface area (Å²) in [5.74, 6) is 0.158. The van der Waals surface area contributed by atoms with Crippen molar-refractivity contribution in [1.29, 1.82) is 0 Å². The second kappa shape index (κ2) is 6.93. The third-order valence-corrected chi connectivity index (χ3v) is 4.16. The highest BCUT2D eigenvalue weighted by Crippen LogP contribution is 2.28. The van der Waals surface area contributed by atoms with Crippen molar-refractivity contribution in [2.45, 2.75) is 44.6 Å². The highest BCUT2D eigenvalue weighted by Gasteiger charge is 2.32. The summed E-state index contributed by atoms with van der Waals surface area (Å²) in [6.45, 7) is 0.100. The molecule has 3 nitrogen and oxygen atoms in total. The maximum Gasteiger partial charge on any atom is 0.406 e. The van der Waals surface area contributed by atoms with Gasteiger partial charge in [0.25, 0.3) is 0 Å². The van der Waals surface area contributed by atoms with E-state index in [-0.39, 0.29) is 5.82 Å². The lowest BCUT2D eigenvalue weighted by molar-refractivity contribution is -0.141. The van der Waals surface area contributed by atoms with E-state index < -0.39 is 12.7 Å². The molecule has 0 unspecified atom stereocenters. The van der Waals surface area contributed by atoms with Gasteiger partial charge in [-0.05, 0) is 37.0 Å². The first-order valence-electron chi connectivity index (χ1n) is 7.96. The van der Waals surface area contributed by atoms with E-state index in [0.717, 1.165) is 35.9 Å². The summed E-state index contributed by atoms with van der Waals surface area (Å²) >= 11 is 0. The Kier molecular flexibility index (Phi) is 4.89. The molecule has 0 atom stereocenters. The Morgan fingerprint density at radius 2 is 1.88 bits per heavy atom. The lowest BCUT2D eigenvalue weighted by Gasteiger charge is -2.22. The zero-order valence-corrected chi connectivity index (χ0v) is 13.1. The predicted molar refractivity (Wildman–Crippen MR) is 81.8 cm³/mol. The summed E-state index contributed by atoms with van der Waals surface area (Å²) in [5.41, 5.74) is 1.01. The Balaban J connectivity index is 1.62. The van der Waals surface area contributed by atoms with E-state index in [1.807, 2.05) is 0 Å². The molecule has 24 heavy (non-hydrogen) atoms. The molecule has 3 rings (SSSR count). The molecule has 0 amide bonds. The Labute approximate surface area is 137 Å². The summed E-state index contributed by atoms with van der Waals surface area (Å²) in [6, 6.07) is 6.73. The van der Waals surface area contributed by atoms with Gasteiger partial charge in [0.15, 0.2) is 0 Å². The Bertz CT molecular complexity index is 659. The predicted octanol–water partition coefficient (Wildman–Crippen LogP) is 3.79. The standard InChI is InChI=1S/C17H19F4N3/c18-14-3-1-13(2-4-14)7-9-23(15-5-6-15)11-16-22-8-10-24(16)12-17(19,20)21/h1-4,8,10,15H,5-7,9,11-12H2. The van der Waals surface area contributed by atoms with Gasteiger partial charge in [-0.15, -0.1) is 0 Å². The number of rotatable bonds is 7. The van der Waals surface area contributed by atoms with Crippen molar-refractivity contribution in [2.75, 3.05) is 6.54 Å². The molecule has 0 radical (unpaired) electrons. The molecule has 7 heteroatoms. The first-order valence-corrected chi connectivity index (χ1v) is 7.96. The lowest BCUT2D eigenvalue weighted by Crippen LogP contribution is -2.30. The summed E-state index contributed by atoms with van der Waals surface area (Å²) in [5, 5.41) is 0. The molecule has 1 aliphatic carbocycles. The lowest BCUT2D eigenvalue weighted by atomic mass is 10.1. The number of alkyl halides is 3. The van der Waals surface area contributed by atoms with Crippen molar-refractivity contribution >= 4 is 0 Å². The fourth-order valence-corrected chi connectivity index (χ4v) is 2.76. The van der Waals surface area contributed by atoms with Crippen LogP contribution in [-0.4, -0.2) is 33.2 Å².